The average molecular weight is 531 g/mol. The summed E-state index contributed by atoms with van der Waals surface area (Å²) >= 11 is 0. The normalized spacial score (nSPS) is 22.4. The van der Waals surface area contributed by atoms with E-state index in [1.807, 2.05) is 0 Å². The van der Waals surface area contributed by atoms with E-state index in [0.29, 0.717) is 24.7 Å². The second kappa shape index (κ2) is 9.18. The van der Waals surface area contributed by atoms with E-state index >= 15 is 0 Å². The van der Waals surface area contributed by atoms with Crippen LogP contribution < -0.4 is 20.1 Å². The fourth-order valence-corrected chi connectivity index (χ4v) is 5.31. The molecule has 0 saturated carbocycles. The maximum atomic E-state index is 13.4. The Morgan fingerprint density at radius 2 is 1.78 bits per heavy atom. The molecule has 4 rings (SSSR count). The van der Waals surface area contributed by atoms with E-state index in [1.54, 1.807) is 6.07 Å². The van der Waals surface area contributed by atoms with Crippen LogP contribution in [0.25, 0.3) is 0 Å². The molecule has 1 amide bonds. The van der Waals surface area contributed by atoms with Crippen LogP contribution in [0.15, 0.2) is 41.4 Å². The van der Waals surface area contributed by atoms with Gasteiger partial charge < -0.3 is 15.0 Å². The highest BCUT2D eigenvalue weighted by Gasteiger charge is 2.44. The van der Waals surface area contributed by atoms with Crippen molar-refractivity contribution < 1.29 is 35.5 Å². The van der Waals surface area contributed by atoms with E-state index in [-0.39, 0.29) is 23.0 Å². The third kappa shape index (κ3) is 5.41. The van der Waals surface area contributed by atoms with Gasteiger partial charge in [0.1, 0.15) is 27.8 Å². The first-order chi connectivity index (χ1) is 16.6. The van der Waals surface area contributed by atoms with Crippen molar-refractivity contribution in [1.82, 2.24) is 10.3 Å². The molecular weight excluding hydrogens is 504 g/mol. The number of benzene rings is 1. The van der Waals surface area contributed by atoms with Gasteiger partial charge in [-0.05, 0) is 69.9 Å². The Morgan fingerprint density at radius 3 is 2.31 bits per heavy atom. The van der Waals surface area contributed by atoms with Crippen molar-refractivity contribution in [2.24, 2.45) is 5.14 Å². The number of nitrogens with zero attached hydrogens (tertiary/aromatic N) is 2. The minimum Gasteiger partial charge on any atom is -0.477 e. The number of nitrogens with one attached hydrogen (secondary N) is 1. The van der Waals surface area contributed by atoms with Crippen molar-refractivity contribution >= 4 is 21.7 Å². The predicted octanol–water partition coefficient (Wildman–Crippen LogP) is 3.36. The quantitative estimate of drug-likeness (QED) is 0.554. The molecule has 196 valence electrons. The van der Waals surface area contributed by atoms with Gasteiger partial charge in [-0.3, -0.25) is 4.79 Å². The van der Waals surface area contributed by atoms with Crippen molar-refractivity contribution in [3.63, 3.8) is 0 Å². The van der Waals surface area contributed by atoms with Gasteiger partial charge in [0.2, 0.25) is 10.0 Å². The van der Waals surface area contributed by atoms with Gasteiger partial charge in [-0.2, -0.15) is 13.2 Å². The summed E-state index contributed by atoms with van der Waals surface area (Å²) in [6.45, 7) is 2.71. The topological polar surface area (TPSA) is 115 Å². The number of nitrogens with two attached hydrogens (primary N) is 1. The van der Waals surface area contributed by atoms with Gasteiger partial charge in [0.25, 0.3) is 5.91 Å². The number of rotatable bonds is 6. The van der Waals surface area contributed by atoms with Gasteiger partial charge in [-0.15, -0.1) is 0 Å². The molecule has 1 aromatic carbocycles. The summed E-state index contributed by atoms with van der Waals surface area (Å²) in [6, 6.07) is 4.88. The molecule has 0 aliphatic carbocycles. The highest BCUT2D eigenvalue weighted by molar-refractivity contribution is 7.89. The lowest BCUT2D eigenvalue weighted by molar-refractivity contribution is -0.144. The van der Waals surface area contributed by atoms with Gasteiger partial charge in [-0.1, -0.05) is 0 Å². The molecule has 3 N–H and O–H groups in total. The molecule has 2 aromatic rings. The number of piperidine rings is 1. The number of sulfonamides is 1. The van der Waals surface area contributed by atoms with Crippen LogP contribution in [-0.2, 0) is 21.0 Å². The van der Waals surface area contributed by atoms with Gasteiger partial charge in [0, 0.05) is 24.3 Å². The summed E-state index contributed by atoms with van der Waals surface area (Å²) in [5.41, 5.74) is -2.95. The largest absolute Gasteiger partial charge is 0.477 e. The summed E-state index contributed by atoms with van der Waals surface area (Å²) in [6.07, 6.45) is -0.804. The van der Waals surface area contributed by atoms with Crippen LogP contribution in [0, 0.1) is 5.82 Å². The number of amides is 1. The molecule has 2 saturated heterocycles. The molecule has 1 aromatic heterocycles. The maximum Gasteiger partial charge on any atom is 0.420 e. The number of fused-ring (bicyclic) bond motifs is 2. The minimum absolute atomic E-state index is 0.0415. The lowest BCUT2D eigenvalue weighted by atomic mass is 9.96. The van der Waals surface area contributed by atoms with Crippen LogP contribution in [0.1, 0.15) is 45.1 Å². The summed E-state index contributed by atoms with van der Waals surface area (Å²) in [5.74, 6) is -1.67. The van der Waals surface area contributed by atoms with Crippen molar-refractivity contribution in [3.8, 4) is 5.75 Å². The molecule has 2 fully saturated rings. The summed E-state index contributed by atoms with van der Waals surface area (Å²) in [7, 11) is -3.86. The molecule has 2 aliphatic heterocycles. The third-order valence-corrected chi connectivity index (χ3v) is 7.44. The first-order valence-corrected chi connectivity index (χ1v) is 12.8. The predicted molar refractivity (Wildman–Crippen MR) is 122 cm³/mol. The van der Waals surface area contributed by atoms with Crippen molar-refractivity contribution in [1.29, 1.82) is 0 Å². The molecule has 2 unspecified atom stereocenters. The van der Waals surface area contributed by atoms with E-state index in [1.165, 1.54) is 26.1 Å². The second-order valence-electron chi connectivity index (χ2n) is 9.58. The second-order valence-corrected chi connectivity index (χ2v) is 11.1. The number of hydrogen-bond acceptors (Lipinski definition) is 6. The smallest absolute Gasteiger partial charge is 0.420 e. The van der Waals surface area contributed by atoms with Gasteiger partial charge in [0.05, 0.1) is 0 Å². The number of halogens is 4. The standard InChI is InChI=1S/C23H26F4N4O4S/c1-22(2,35-19-7-3-13(24)9-18(19)23(25,26)27)21(32)30-14-10-15-4-5-16(11-14)31(15)20-8-6-17(12-29-20)36(28,33)34/h3,6-9,12,14-16H,4-5,10-11H2,1-2H3,(H,30,32)(H2,28,33,34). The van der Waals surface area contributed by atoms with E-state index in [4.69, 9.17) is 9.88 Å². The first-order valence-electron chi connectivity index (χ1n) is 11.3. The Kier molecular flexibility index (Phi) is 6.67. The maximum absolute atomic E-state index is 13.4. The van der Waals surface area contributed by atoms with Crippen molar-refractivity contribution in [3.05, 3.63) is 47.9 Å². The van der Waals surface area contributed by atoms with Gasteiger partial charge >= 0.3 is 6.18 Å². The number of alkyl halides is 3. The number of carbonyl (C=O) groups is 1. The minimum atomic E-state index is -4.85. The van der Waals surface area contributed by atoms with Crippen molar-refractivity contribution in [2.45, 2.75) is 74.3 Å². The molecule has 13 heteroatoms. The molecule has 8 nitrogen and oxygen atoms in total. The monoisotopic (exact) mass is 530 g/mol. The Bertz CT molecular complexity index is 1240. The number of carbonyl (C=O) groups excluding carboxylic acids is 1. The lowest BCUT2D eigenvalue weighted by Gasteiger charge is -2.41. The van der Waals surface area contributed by atoms with E-state index in [0.717, 1.165) is 25.0 Å². The number of ether oxygens (including phenoxy) is 1. The van der Waals surface area contributed by atoms with E-state index in [2.05, 4.69) is 15.2 Å². The van der Waals surface area contributed by atoms with E-state index in [9.17, 15) is 30.8 Å². The zero-order valence-corrected chi connectivity index (χ0v) is 20.4. The number of pyridine rings is 1. The molecule has 36 heavy (non-hydrogen) atoms. The summed E-state index contributed by atoms with van der Waals surface area (Å²) in [5, 5.41) is 8.02. The summed E-state index contributed by atoms with van der Waals surface area (Å²) < 4.78 is 81.8. The fourth-order valence-electron chi connectivity index (χ4n) is 4.86. The molecule has 0 spiro atoms. The van der Waals surface area contributed by atoms with Crippen LogP contribution in [-0.4, -0.2) is 43.0 Å². The van der Waals surface area contributed by atoms with Crippen LogP contribution in [0.2, 0.25) is 0 Å². The average Bonchev–Trinajstić information content (AvgIpc) is 3.04. The van der Waals surface area contributed by atoms with Crippen molar-refractivity contribution in [2.75, 3.05) is 4.90 Å². The van der Waals surface area contributed by atoms with Crippen LogP contribution in [0.4, 0.5) is 23.4 Å². The Labute approximate surface area is 205 Å². The number of hydrogen-bond donors (Lipinski definition) is 2. The lowest BCUT2D eigenvalue weighted by Crippen LogP contribution is -2.55. The van der Waals surface area contributed by atoms with E-state index < -0.39 is 44.8 Å². The fraction of sp³-hybridized carbons (Fsp3) is 0.478. The summed E-state index contributed by atoms with van der Waals surface area (Å²) in [4.78, 5) is 19.3. The first kappa shape index (κ1) is 26.1. The SMILES string of the molecule is CC(C)(Oc1ccc(F)cc1C(F)(F)F)C(=O)NC1CC2CCC(C1)N2c1ccc(S(N)(=O)=O)cn1. The number of aromatic nitrogens is 1. The number of primary sulfonamides is 1. The number of anilines is 1. The zero-order valence-electron chi connectivity index (χ0n) is 19.5. The van der Waals surface area contributed by atoms with Gasteiger partial charge in [0.15, 0.2) is 5.60 Å². The van der Waals surface area contributed by atoms with Crippen LogP contribution in [0.5, 0.6) is 5.75 Å². The highest BCUT2D eigenvalue weighted by atomic mass is 32.2. The van der Waals surface area contributed by atoms with Crippen LogP contribution >= 0.6 is 0 Å². The zero-order chi connectivity index (χ0) is 26.5. The molecule has 2 atom stereocenters. The van der Waals surface area contributed by atoms with Crippen LogP contribution in [0.3, 0.4) is 0 Å². The Morgan fingerprint density at radius 1 is 1.14 bits per heavy atom. The Hall–Kier alpha value is -2.93. The molecule has 2 aliphatic rings. The third-order valence-electron chi connectivity index (χ3n) is 6.54. The molecular formula is C23H26F4N4O4S. The highest BCUT2D eigenvalue weighted by Crippen LogP contribution is 2.40. The molecule has 2 bridgehead atoms. The Balaban J connectivity index is 1.43. The van der Waals surface area contributed by atoms with Gasteiger partial charge in [-0.25, -0.2) is 22.9 Å². The molecule has 0 radical (unpaired) electrons. The molecule has 3 heterocycles.